The van der Waals surface area contributed by atoms with Crippen LogP contribution in [0.25, 0.3) is 0 Å². The van der Waals surface area contributed by atoms with Crippen LogP contribution < -0.4 is 4.72 Å². The zero-order valence-electron chi connectivity index (χ0n) is 13.2. The summed E-state index contributed by atoms with van der Waals surface area (Å²) in [4.78, 5) is 6.32. The van der Waals surface area contributed by atoms with Crippen molar-refractivity contribution in [2.45, 2.75) is 50.0 Å². The second-order valence-corrected chi connectivity index (χ2v) is 8.07. The number of nitrogens with zero attached hydrogens (tertiary/aromatic N) is 2. The second-order valence-electron chi connectivity index (χ2n) is 5.95. The van der Waals surface area contributed by atoms with Crippen molar-refractivity contribution in [3.63, 3.8) is 0 Å². The lowest BCUT2D eigenvalue weighted by Crippen LogP contribution is -2.39. The Balaban J connectivity index is 1.88. The summed E-state index contributed by atoms with van der Waals surface area (Å²) in [5.74, 6) is 0. The molecule has 0 saturated heterocycles. The Morgan fingerprint density at radius 2 is 2.05 bits per heavy atom. The zero-order valence-corrected chi connectivity index (χ0v) is 14.8. The molecule has 1 saturated carbocycles. The first-order valence-corrected chi connectivity index (χ1v) is 9.58. The molecule has 1 heterocycles. The number of hydrogen-bond donors (Lipinski definition) is 1. The van der Waals surface area contributed by atoms with Gasteiger partial charge in [0.1, 0.15) is 10.0 Å². The van der Waals surface area contributed by atoms with Crippen molar-refractivity contribution in [3.8, 4) is 0 Å². The van der Waals surface area contributed by atoms with Gasteiger partial charge in [0.25, 0.3) is 0 Å². The molecule has 0 amide bonds. The number of nitrogens with one attached hydrogen (secondary N) is 1. The molecular formula is C15H24ClN3O2S. The summed E-state index contributed by atoms with van der Waals surface area (Å²) < 4.78 is 27.1. The van der Waals surface area contributed by atoms with E-state index >= 15 is 0 Å². The van der Waals surface area contributed by atoms with E-state index in [0.717, 1.165) is 0 Å². The summed E-state index contributed by atoms with van der Waals surface area (Å²) in [6.07, 6.45) is 7.59. The average molecular weight is 346 g/mol. The summed E-state index contributed by atoms with van der Waals surface area (Å²) in [5, 5.41) is 0.330. The number of sulfonamides is 1. The van der Waals surface area contributed by atoms with E-state index in [9.17, 15) is 8.42 Å². The number of aromatic nitrogens is 1. The van der Waals surface area contributed by atoms with Crippen molar-refractivity contribution in [1.29, 1.82) is 0 Å². The number of halogens is 1. The molecule has 5 nitrogen and oxygen atoms in total. The van der Waals surface area contributed by atoms with Gasteiger partial charge in [0.15, 0.2) is 0 Å². The van der Waals surface area contributed by atoms with E-state index in [1.54, 1.807) is 13.0 Å². The molecule has 124 valence electrons. The van der Waals surface area contributed by atoms with Crippen molar-refractivity contribution in [2.24, 2.45) is 0 Å². The fourth-order valence-electron chi connectivity index (χ4n) is 2.82. The quantitative estimate of drug-likeness (QED) is 0.805. The lowest BCUT2D eigenvalue weighted by molar-refractivity contribution is 0.195. The summed E-state index contributed by atoms with van der Waals surface area (Å²) in [6.45, 7) is 2.85. The highest BCUT2D eigenvalue weighted by atomic mass is 35.5. The third-order valence-corrected chi connectivity index (χ3v) is 6.08. The minimum Gasteiger partial charge on any atom is -0.302 e. The SMILES string of the molecule is Cc1cc(S(=O)(=O)NCCN(C)C2CCCCC2)cnc1Cl. The Labute approximate surface area is 138 Å². The fourth-order valence-corrected chi connectivity index (χ4v) is 3.98. The highest BCUT2D eigenvalue weighted by Crippen LogP contribution is 2.21. The molecule has 1 aromatic heterocycles. The first kappa shape index (κ1) is 17.7. The van der Waals surface area contributed by atoms with E-state index in [1.807, 2.05) is 0 Å². The lowest BCUT2D eigenvalue weighted by Gasteiger charge is -2.31. The van der Waals surface area contributed by atoms with Crippen molar-refractivity contribution < 1.29 is 8.42 Å². The van der Waals surface area contributed by atoms with E-state index in [0.29, 0.717) is 29.8 Å². The van der Waals surface area contributed by atoms with Gasteiger partial charge in [-0.05, 0) is 38.4 Å². The van der Waals surface area contributed by atoms with Gasteiger partial charge >= 0.3 is 0 Å². The Bertz CT molecular complexity index is 601. The average Bonchev–Trinajstić information content (AvgIpc) is 2.50. The first-order valence-electron chi connectivity index (χ1n) is 7.72. The van der Waals surface area contributed by atoms with Crippen LogP contribution in [0.1, 0.15) is 37.7 Å². The molecule has 2 rings (SSSR count). The summed E-state index contributed by atoms with van der Waals surface area (Å²) in [5.41, 5.74) is 0.656. The summed E-state index contributed by atoms with van der Waals surface area (Å²) in [7, 11) is -1.46. The largest absolute Gasteiger partial charge is 0.302 e. The maximum absolute atomic E-state index is 12.2. The first-order chi connectivity index (χ1) is 10.4. The van der Waals surface area contributed by atoms with Crippen molar-refractivity contribution in [2.75, 3.05) is 20.1 Å². The molecule has 0 aromatic carbocycles. The molecule has 1 N–H and O–H groups in total. The predicted octanol–water partition coefficient (Wildman–Crippen LogP) is 2.59. The van der Waals surface area contributed by atoms with Crippen molar-refractivity contribution in [3.05, 3.63) is 23.0 Å². The molecule has 0 atom stereocenters. The number of aryl methyl sites for hydroxylation is 1. The molecule has 22 heavy (non-hydrogen) atoms. The van der Waals surface area contributed by atoms with E-state index < -0.39 is 10.0 Å². The molecule has 1 aliphatic carbocycles. The third kappa shape index (κ3) is 4.65. The van der Waals surface area contributed by atoms with Gasteiger partial charge in [-0.15, -0.1) is 0 Å². The molecule has 1 aromatic rings. The van der Waals surface area contributed by atoms with Gasteiger partial charge in [-0.2, -0.15) is 0 Å². The highest BCUT2D eigenvalue weighted by molar-refractivity contribution is 7.89. The van der Waals surface area contributed by atoms with Gasteiger partial charge in [-0.1, -0.05) is 30.9 Å². The number of rotatable bonds is 6. The maximum atomic E-state index is 12.2. The van der Waals surface area contributed by atoms with Gasteiger partial charge in [-0.25, -0.2) is 18.1 Å². The molecular weight excluding hydrogens is 322 g/mol. The molecule has 1 fully saturated rings. The Kier molecular flexibility index (Phi) is 6.20. The molecule has 1 aliphatic rings. The van der Waals surface area contributed by atoms with Crippen LogP contribution in [-0.4, -0.2) is 44.5 Å². The molecule has 0 aliphatic heterocycles. The van der Waals surface area contributed by atoms with Crippen LogP contribution in [0.5, 0.6) is 0 Å². The van der Waals surface area contributed by atoms with Crippen LogP contribution >= 0.6 is 11.6 Å². The van der Waals surface area contributed by atoms with Crippen LogP contribution in [-0.2, 0) is 10.0 Å². The Hall–Kier alpha value is -0.690. The lowest BCUT2D eigenvalue weighted by atomic mass is 9.94. The standard InChI is InChI=1S/C15H24ClN3O2S/c1-12-10-14(11-17-15(12)16)22(20,21)18-8-9-19(2)13-6-4-3-5-7-13/h10-11,13,18H,3-9H2,1-2H3. The van der Waals surface area contributed by atoms with Gasteiger partial charge in [0.05, 0.1) is 0 Å². The minimum absolute atomic E-state index is 0.162. The van der Waals surface area contributed by atoms with Gasteiger partial charge in [0.2, 0.25) is 10.0 Å². The monoisotopic (exact) mass is 345 g/mol. The van der Waals surface area contributed by atoms with Crippen LogP contribution in [0.4, 0.5) is 0 Å². The molecule has 0 unspecified atom stereocenters. The van der Waals surface area contributed by atoms with Gasteiger partial charge in [0, 0.05) is 25.3 Å². The summed E-state index contributed by atoms with van der Waals surface area (Å²) in [6, 6.07) is 2.13. The minimum atomic E-state index is -3.52. The normalized spacial score (nSPS) is 17.1. The molecule has 0 spiro atoms. The fraction of sp³-hybridized carbons (Fsp3) is 0.667. The Morgan fingerprint density at radius 3 is 2.68 bits per heavy atom. The van der Waals surface area contributed by atoms with Crippen LogP contribution in [0.3, 0.4) is 0 Å². The number of likely N-dealkylation sites (N-methyl/N-ethyl adjacent to an activating group) is 1. The van der Waals surface area contributed by atoms with Crippen LogP contribution in [0.15, 0.2) is 17.2 Å². The van der Waals surface area contributed by atoms with Crippen molar-refractivity contribution in [1.82, 2.24) is 14.6 Å². The Morgan fingerprint density at radius 1 is 1.36 bits per heavy atom. The maximum Gasteiger partial charge on any atom is 0.242 e. The second kappa shape index (κ2) is 7.73. The topological polar surface area (TPSA) is 62.3 Å². The van der Waals surface area contributed by atoms with Crippen molar-refractivity contribution >= 4 is 21.6 Å². The van der Waals surface area contributed by atoms with Crippen LogP contribution in [0.2, 0.25) is 5.15 Å². The van der Waals surface area contributed by atoms with Gasteiger partial charge in [-0.3, -0.25) is 0 Å². The number of hydrogen-bond acceptors (Lipinski definition) is 4. The molecule has 0 radical (unpaired) electrons. The van der Waals surface area contributed by atoms with E-state index in [1.165, 1.54) is 38.3 Å². The van der Waals surface area contributed by atoms with Crippen LogP contribution in [0, 0.1) is 6.92 Å². The zero-order chi connectivity index (χ0) is 16.2. The van der Waals surface area contributed by atoms with E-state index in [2.05, 4.69) is 21.7 Å². The highest BCUT2D eigenvalue weighted by Gasteiger charge is 2.19. The molecule has 7 heteroatoms. The van der Waals surface area contributed by atoms with E-state index in [-0.39, 0.29) is 4.90 Å². The predicted molar refractivity (Wildman–Crippen MR) is 88.7 cm³/mol. The number of pyridine rings is 1. The smallest absolute Gasteiger partial charge is 0.242 e. The third-order valence-electron chi connectivity index (χ3n) is 4.25. The van der Waals surface area contributed by atoms with E-state index in [4.69, 9.17) is 11.6 Å². The summed E-state index contributed by atoms with van der Waals surface area (Å²) >= 11 is 5.83. The molecule has 0 bridgehead atoms. The van der Waals surface area contributed by atoms with Gasteiger partial charge < -0.3 is 4.90 Å².